The van der Waals surface area contributed by atoms with Crippen LogP contribution in [0.5, 0.6) is 0 Å². The lowest BCUT2D eigenvalue weighted by Crippen LogP contribution is -2.63. The first-order valence-electron chi connectivity index (χ1n) is 8.02. The second kappa shape index (κ2) is 6.45. The summed E-state index contributed by atoms with van der Waals surface area (Å²) in [6, 6.07) is 6.48. The van der Waals surface area contributed by atoms with Crippen LogP contribution in [0.25, 0.3) is 0 Å². The molecule has 1 heterocycles. The minimum atomic E-state index is 0.329. The average molecular weight is 327 g/mol. The summed E-state index contributed by atoms with van der Waals surface area (Å²) < 4.78 is 0. The molecule has 0 amide bonds. The van der Waals surface area contributed by atoms with E-state index in [1.807, 2.05) is 12.1 Å². The number of benzene rings is 1. The standard InChI is InChI=1S/C17H24Cl2N2/c1-13-10-20-17(8-3-2-4-9-17)12-21(13)11-14-6-5-7-15(18)16(14)19/h5-7,13,20H,2-4,8-12H2,1H3. The Bertz CT molecular complexity index is 498. The molecule has 116 valence electrons. The Hall–Kier alpha value is -0.280. The van der Waals surface area contributed by atoms with Crippen LogP contribution in [0.3, 0.4) is 0 Å². The molecule has 4 heteroatoms. The van der Waals surface area contributed by atoms with E-state index < -0.39 is 0 Å². The zero-order valence-electron chi connectivity index (χ0n) is 12.7. The maximum atomic E-state index is 6.36. The highest BCUT2D eigenvalue weighted by molar-refractivity contribution is 6.42. The molecular formula is C17H24Cl2N2. The van der Waals surface area contributed by atoms with Crippen molar-refractivity contribution in [1.29, 1.82) is 0 Å². The number of piperazine rings is 1. The molecule has 1 atom stereocenters. The van der Waals surface area contributed by atoms with Gasteiger partial charge in [-0.3, -0.25) is 4.90 Å². The average Bonchev–Trinajstić information content (AvgIpc) is 2.49. The summed E-state index contributed by atoms with van der Waals surface area (Å²) in [4.78, 5) is 2.57. The minimum Gasteiger partial charge on any atom is -0.308 e. The van der Waals surface area contributed by atoms with Gasteiger partial charge in [-0.25, -0.2) is 0 Å². The third-order valence-corrected chi connectivity index (χ3v) is 5.98. The summed E-state index contributed by atoms with van der Waals surface area (Å²) in [5, 5.41) is 5.19. The summed E-state index contributed by atoms with van der Waals surface area (Å²) in [5.74, 6) is 0. The van der Waals surface area contributed by atoms with Crippen molar-refractivity contribution in [2.24, 2.45) is 0 Å². The predicted octanol–water partition coefficient (Wildman–Crippen LogP) is 4.49. The Morgan fingerprint density at radius 3 is 2.76 bits per heavy atom. The number of nitrogens with one attached hydrogen (secondary N) is 1. The number of hydrogen-bond donors (Lipinski definition) is 1. The van der Waals surface area contributed by atoms with Crippen LogP contribution < -0.4 is 5.32 Å². The van der Waals surface area contributed by atoms with E-state index in [0.717, 1.165) is 25.2 Å². The number of rotatable bonds is 2. The Balaban J connectivity index is 1.75. The molecule has 1 saturated heterocycles. The van der Waals surface area contributed by atoms with Crippen LogP contribution in [0.2, 0.25) is 10.0 Å². The third kappa shape index (κ3) is 3.39. The smallest absolute Gasteiger partial charge is 0.0637 e. The second-order valence-electron chi connectivity index (χ2n) is 6.69. The molecular weight excluding hydrogens is 303 g/mol. The van der Waals surface area contributed by atoms with Crippen molar-refractivity contribution in [3.8, 4) is 0 Å². The first-order valence-corrected chi connectivity index (χ1v) is 8.77. The zero-order chi connectivity index (χ0) is 14.9. The van der Waals surface area contributed by atoms with Crippen molar-refractivity contribution in [3.05, 3.63) is 33.8 Å². The third-order valence-electron chi connectivity index (χ3n) is 5.12. The van der Waals surface area contributed by atoms with Gasteiger partial charge in [0, 0.05) is 31.2 Å². The van der Waals surface area contributed by atoms with Crippen molar-refractivity contribution in [2.45, 2.75) is 57.2 Å². The van der Waals surface area contributed by atoms with Gasteiger partial charge in [0.1, 0.15) is 0 Å². The monoisotopic (exact) mass is 326 g/mol. The van der Waals surface area contributed by atoms with Gasteiger partial charge in [0.2, 0.25) is 0 Å². The fraction of sp³-hybridized carbons (Fsp3) is 0.647. The zero-order valence-corrected chi connectivity index (χ0v) is 14.2. The van der Waals surface area contributed by atoms with E-state index in [2.05, 4.69) is 23.2 Å². The van der Waals surface area contributed by atoms with E-state index >= 15 is 0 Å². The first-order chi connectivity index (χ1) is 10.1. The van der Waals surface area contributed by atoms with Gasteiger partial charge in [-0.15, -0.1) is 0 Å². The molecule has 2 nitrogen and oxygen atoms in total. The van der Waals surface area contributed by atoms with Crippen LogP contribution in [0, 0.1) is 0 Å². The molecule has 1 aromatic carbocycles. The maximum Gasteiger partial charge on any atom is 0.0637 e. The van der Waals surface area contributed by atoms with Gasteiger partial charge in [0.15, 0.2) is 0 Å². The van der Waals surface area contributed by atoms with E-state index in [-0.39, 0.29) is 0 Å². The predicted molar refractivity (Wildman–Crippen MR) is 90.2 cm³/mol. The highest BCUT2D eigenvalue weighted by Crippen LogP contribution is 2.33. The van der Waals surface area contributed by atoms with Gasteiger partial charge in [-0.05, 0) is 31.4 Å². The molecule has 21 heavy (non-hydrogen) atoms. The molecule has 1 aliphatic carbocycles. The lowest BCUT2D eigenvalue weighted by atomic mass is 9.79. The quantitative estimate of drug-likeness (QED) is 0.861. The lowest BCUT2D eigenvalue weighted by Gasteiger charge is -2.49. The van der Waals surface area contributed by atoms with E-state index in [1.165, 1.54) is 32.1 Å². The number of nitrogens with zero attached hydrogens (tertiary/aromatic N) is 1. The molecule has 1 saturated carbocycles. The fourth-order valence-electron chi connectivity index (χ4n) is 3.76. The molecule has 2 aliphatic rings. The van der Waals surface area contributed by atoms with Gasteiger partial charge in [-0.2, -0.15) is 0 Å². The van der Waals surface area contributed by atoms with Gasteiger partial charge in [-0.1, -0.05) is 54.6 Å². The molecule has 1 spiro atoms. The molecule has 3 rings (SSSR count). The highest BCUT2D eigenvalue weighted by Gasteiger charge is 2.38. The van der Waals surface area contributed by atoms with E-state index in [4.69, 9.17) is 23.2 Å². The molecule has 0 aromatic heterocycles. The lowest BCUT2D eigenvalue weighted by molar-refractivity contribution is 0.0573. The molecule has 1 aromatic rings. The molecule has 1 aliphatic heterocycles. The van der Waals surface area contributed by atoms with Crippen LogP contribution in [-0.2, 0) is 6.54 Å². The summed E-state index contributed by atoms with van der Waals surface area (Å²) in [6.45, 7) is 5.38. The van der Waals surface area contributed by atoms with Crippen molar-refractivity contribution in [3.63, 3.8) is 0 Å². The van der Waals surface area contributed by atoms with E-state index in [0.29, 0.717) is 21.6 Å². The van der Waals surface area contributed by atoms with Crippen LogP contribution in [0.1, 0.15) is 44.6 Å². The van der Waals surface area contributed by atoms with E-state index in [9.17, 15) is 0 Å². The van der Waals surface area contributed by atoms with Crippen LogP contribution in [0.15, 0.2) is 18.2 Å². The summed E-state index contributed by atoms with van der Waals surface area (Å²) in [6.07, 6.45) is 6.71. The Labute approximate surface area is 137 Å². The normalized spacial score (nSPS) is 26.1. The highest BCUT2D eigenvalue weighted by atomic mass is 35.5. The largest absolute Gasteiger partial charge is 0.308 e. The Kier molecular flexibility index (Phi) is 4.80. The fourth-order valence-corrected chi connectivity index (χ4v) is 4.14. The van der Waals surface area contributed by atoms with Crippen molar-refractivity contribution in [2.75, 3.05) is 13.1 Å². The van der Waals surface area contributed by atoms with E-state index in [1.54, 1.807) is 0 Å². The van der Waals surface area contributed by atoms with Crippen LogP contribution in [0.4, 0.5) is 0 Å². The Morgan fingerprint density at radius 1 is 1.24 bits per heavy atom. The Morgan fingerprint density at radius 2 is 2.00 bits per heavy atom. The van der Waals surface area contributed by atoms with Gasteiger partial charge in [0.25, 0.3) is 0 Å². The van der Waals surface area contributed by atoms with Crippen LogP contribution >= 0.6 is 23.2 Å². The maximum absolute atomic E-state index is 6.36. The van der Waals surface area contributed by atoms with Gasteiger partial charge < -0.3 is 5.32 Å². The van der Waals surface area contributed by atoms with Crippen molar-refractivity contribution >= 4 is 23.2 Å². The molecule has 1 N–H and O–H groups in total. The molecule has 0 radical (unpaired) electrons. The summed E-state index contributed by atoms with van der Waals surface area (Å²) in [5.41, 5.74) is 1.47. The van der Waals surface area contributed by atoms with Gasteiger partial charge >= 0.3 is 0 Å². The molecule has 1 unspecified atom stereocenters. The van der Waals surface area contributed by atoms with Gasteiger partial charge in [0.05, 0.1) is 10.0 Å². The summed E-state index contributed by atoms with van der Waals surface area (Å²) in [7, 11) is 0. The molecule has 2 fully saturated rings. The van der Waals surface area contributed by atoms with Crippen molar-refractivity contribution < 1.29 is 0 Å². The number of halogens is 2. The SMILES string of the molecule is CC1CNC2(CCCCC2)CN1Cc1cccc(Cl)c1Cl. The second-order valence-corrected chi connectivity index (χ2v) is 7.47. The minimum absolute atomic E-state index is 0.329. The van der Waals surface area contributed by atoms with Crippen molar-refractivity contribution in [1.82, 2.24) is 10.2 Å². The first kappa shape index (κ1) is 15.6. The molecule has 0 bridgehead atoms. The topological polar surface area (TPSA) is 15.3 Å². The summed E-state index contributed by atoms with van der Waals surface area (Å²) >= 11 is 12.5. The number of hydrogen-bond acceptors (Lipinski definition) is 2. The van der Waals surface area contributed by atoms with Crippen LogP contribution in [-0.4, -0.2) is 29.6 Å².